The highest BCUT2D eigenvalue weighted by molar-refractivity contribution is 6.01. The van der Waals surface area contributed by atoms with E-state index in [1.807, 2.05) is 12.1 Å². The van der Waals surface area contributed by atoms with Gasteiger partial charge in [0.1, 0.15) is 5.84 Å². The number of nitrogens with two attached hydrogens (primary N) is 1. The Morgan fingerprint density at radius 2 is 2.07 bits per heavy atom. The molecule has 0 saturated heterocycles. The number of hydrogen-bond acceptors (Lipinski definition) is 3. The van der Waals surface area contributed by atoms with E-state index in [-0.39, 0.29) is 6.04 Å². The van der Waals surface area contributed by atoms with Crippen molar-refractivity contribution in [1.82, 2.24) is 0 Å². The zero-order valence-electron chi connectivity index (χ0n) is 9.20. The predicted octanol–water partition coefficient (Wildman–Crippen LogP) is 1.99. The summed E-state index contributed by atoms with van der Waals surface area (Å²) in [4.78, 5) is 4.47. The first-order valence-electron chi connectivity index (χ1n) is 5.33. The van der Waals surface area contributed by atoms with E-state index >= 15 is 0 Å². The molecule has 1 heterocycles. The fraction of sp³-hybridized carbons (Fsp3) is 0.417. The van der Waals surface area contributed by atoms with Gasteiger partial charge in [-0.2, -0.15) is 0 Å². The van der Waals surface area contributed by atoms with Crippen LogP contribution in [0.15, 0.2) is 29.3 Å². The third-order valence-electron chi connectivity index (χ3n) is 2.73. The topological polar surface area (TPSA) is 50.4 Å². The highest BCUT2D eigenvalue weighted by atomic mass is 15.1. The highest BCUT2D eigenvalue weighted by Gasteiger charge is 2.18. The molecule has 1 aliphatic rings. The molecule has 80 valence electrons. The molecule has 3 nitrogen and oxygen atoms in total. The minimum Gasteiger partial charge on any atom is -0.342 e. The molecule has 2 rings (SSSR count). The first-order chi connectivity index (χ1) is 7.18. The Morgan fingerprint density at radius 3 is 2.80 bits per heavy atom. The third kappa shape index (κ3) is 2.02. The number of nitrogens with one attached hydrogen (secondary N) is 1. The van der Waals surface area contributed by atoms with Gasteiger partial charge in [-0.15, -0.1) is 0 Å². The van der Waals surface area contributed by atoms with Gasteiger partial charge < -0.3 is 11.1 Å². The van der Waals surface area contributed by atoms with Crippen LogP contribution in [0.1, 0.15) is 19.4 Å². The number of anilines is 1. The SMILES string of the molecule is CC(C)[C@H](N)C1=NCc2ccccc2N1. The molecule has 15 heavy (non-hydrogen) atoms. The van der Waals surface area contributed by atoms with Crippen LogP contribution in [0.3, 0.4) is 0 Å². The number of aliphatic imine (C=N–C) groups is 1. The van der Waals surface area contributed by atoms with Crippen molar-refractivity contribution in [2.45, 2.75) is 26.4 Å². The molecule has 0 aromatic heterocycles. The van der Waals surface area contributed by atoms with Crippen LogP contribution in [0.2, 0.25) is 0 Å². The van der Waals surface area contributed by atoms with Crippen molar-refractivity contribution < 1.29 is 0 Å². The van der Waals surface area contributed by atoms with Crippen molar-refractivity contribution in [3.8, 4) is 0 Å². The largest absolute Gasteiger partial charge is 0.342 e. The van der Waals surface area contributed by atoms with Gasteiger partial charge >= 0.3 is 0 Å². The molecule has 0 aliphatic carbocycles. The van der Waals surface area contributed by atoms with E-state index in [9.17, 15) is 0 Å². The number of fused-ring (bicyclic) bond motifs is 1. The van der Waals surface area contributed by atoms with Crippen LogP contribution in [0.5, 0.6) is 0 Å². The maximum Gasteiger partial charge on any atom is 0.118 e. The molecule has 3 N–H and O–H groups in total. The summed E-state index contributed by atoms with van der Waals surface area (Å²) < 4.78 is 0. The molecule has 1 atom stereocenters. The van der Waals surface area contributed by atoms with Gasteiger partial charge in [0.25, 0.3) is 0 Å². The number of benzene rings is 1. The van der Waals surface area contributed by atoms with Crippen LogP contribution in [-0.2, 0) is 6.54 Å². The average molecular weight is 203 g/mol. The van der Waals surface area contributed by atoms with E-state index in [4.69, 9.17) is 5.73 Å². The van der Waals surface area contributed by atoms with Crippen LogP contribution < -0.4 is 11.1 Å². The lowest BCUT2D eigenvalue weighted by atomic mass is 10.0. The quantitative estimate of drug-likeness (QED) is 0.772. The molecule has 0 saturated carbocycles. The standard InChI is InChI=1S/C12H17N3/c1-8(2)11(13)12-14-7-9-5-3-4-6-10(9)15-12/h3-6,8,11H,7,13H2,1-2H3,(H,14,15)/t11-/m0/s1. The van der Waals surface area contributed by atoms with E-state index in [0.29, 0.717) is 5.92 Å². The van der Waals surface area contributed by atoms with Gasteiger partial charge in [-0.3, -0.25) is 4.99 Å². The maximum atomic E-state index is 6.06. The van der Waals surface area contributed by atoms with Gasteiger partial charge in [0, 0.05) is 5.69 Å². The zero-order valence-corrected chi connectivity index (χ0v) is 9.20. The number of hydrogen-bond donors (Lipinski definition) is 2. The van der Waals surface area contributed by atoms with Crippen LogP contribution in [-0.4, -0.2) is 11.9 Å². The van der Waals surface area contributed by atoms with Crippen molar-refractivity contribution in [2.75, 3.05) is 5.32 Å². The molecule has 0 radical (unpaired) electrons. The molecule has 3 heteroatoms. The fourth-order valence-corrected chi connectivity index (χ4v) is 1.63. The monoisotopic (exact) mass is 203 g/mol. The molecule has 1 aromatic carbocycles. The van der Waals surface area contributed by atoms with E-state index in [2.05, 4.69) is 36.3 Å². The Labute approximate surface area is 90.4 Å². The Bertz CT molecular complexity index is 382. The predicted molar refractivity (Wildman–Crippen MR) is 64.0 cm³/mol. The van der Waals surface area contributed by atoms with Gasteiger partial charge in [0.2, 0.25) is 0 Å². The summed E-state index contributed by atoms with van der Waals surface area (Å²) in [5, 5.41) is 3.30. The lowest BCUT2D eigenvalue weighted by Gasteiger charge is -2.24. The smallest absolute Gasteiger partial charge is 0.118 e. The van der Waals surface area contributed by atoms with Gasteiger partial charge in [0.15, 0.2) is 0 Å². The molecule has 1 aliphatic heterocycles. The summed E-state index contributed by atoms with van der Waals surface area (Å²) in [6.07, 6.45) is 0. The Kier molecular flexibility index (Phi) is 2.73. The molecule has 0 bridgehead atoms. The number of rotatable bonds is 2. The molecular weight excluding hydrogens is 186 g/mol. The van der Waals surface area contributed by atoms with Crippen LogP contribution >= 0.6 is 0 Å². The number of para-hydroxylation sites is 1. The zero-order chi connectivity index (χ0) is 10.8. The van der Waals surface area contributed by atoms with Gasteiger partial charge in [-0.1, -0.05) is 32.0 Å². The maximum absolute atomic E-state index is 6.06. The average Bonchev–Trinajstić information content (AvgIpc) is 2.27. The second kappa shape index (κ2) is 4.03. The van der Waals surface area contributed by atoms with E-state index < -0.39 is 0 Å². The molecule has 0 unspecified atom stereocenters. The molecule has 0 amide bonds. The van der Waals surface area contributed by atoms with E-state index in [1.54, 1.807) is 0 Å². The number of nitrogens with zero attached hydrogens (tertiary/aromatic N) is 1. The highest BCUT2D eigenvalue weighted by Crippen LogP contribution is 2.21. The van der Waals surface area contributed by atoms with Crippen LogP contribution in [0, 0.1) is 5.92 Å². The minimum absolute atomic E-state index is 0.00152. The normalized spacial score (nSPS) is 16.7. The first-order valence-corrected chi connectivity index (χ1v) is 5.33. The minimum atomic E-state index is -0.00152. The van der Waals surface area contributed by atoms with Crippen LogP contribution in [0.25, 0.3) is 0 Å². The summed E-state index contributed by atoms with van der Waals surface area (Å²) in [5.74, 6) is 1.31. The van der Waals surface area contributed by atoms with E-state index in [0.717, 1.165) is 18.1 Å². The van der Waals surface area contributed by atoms with Crippen molar-refractivity contribution in [2.24, 2.45) is 16.6 Å². The second-order valence-electron chi connectivity index (χ2n) is 4.25. The fourth-order valence-electron chi connectivity index (χ4n) is 1.63. The lowest BCUT2D eigenvalue weighted by Crippen LogP contribution is -2.41. The summed E-state index contributed by atoms with van der Waals surface area (Å²) in [5.41, 5.74) is 8.43. The molecule has 1 aromatic rings. The lowest BCUT2D eigenvalue weighted by molar-refractivity contribution is 0.591. The summed E-state index contributed by atoms with van der Waals surface area (Å²) in [7, 11) is 0. The summed E-state index contributed by atoms with van der Waals surface area (Å²) >= 11 is 0. The van der Waals surface area contributed by atoms with E-state index in [1.165, 1.54) is 5.56 Å². The molecular formula is C12H17N3. The van der Waals surface area contributed by atoms with Crippen molar-refractivity contribution in [3.05, 3.63) is 29.8 Å². The first kappa shape index (κ1) is 10.2. The Morgan fingerprint density at radius 1 is 1.33 bits per heavy atom. The summed E-state index contributed by atoms with van der Waals surface area (Å²) in [6, 6.07) is 8.21. The van der Waals surface area contributed by atoms with Gasteiger partial charge in [-0.05, 0) is 17.5 Å². The number of amidine groups is 1. The van der Waals surface area contributed by atoms with Crippen molar-refractivity contribution in [3.63, 3.8) is 0 Å². The van der Waals surface area contributed by atoms with Crippen molar-refractivity contribution in [1.29, 1.82) is 0 Å². The Hall–Kier alpha value is -1.35. The Balaban J connectivity index is 2.19. The van der Waals surface area contributed by atoms with Gasteiger partial charge in [0.05, 0.1) is 12.6 Å². The second-order valence-corrected chi connectivity index (χ2v) is 4.25. The van der Waals surface area contributed by atoms with Crippen LogP contribution in [0.4, 0.5) is 5.69 Å². The molecule has 0 spiro atoms. The molecule has 0 fully saturated rings. The van der Waals surface area contributed by atoms with Crippen molar-refractivity contribution >= 4 is 11.5 Å². The third-order valence-corrected chi connectivity index (χ3v) is 2.73. The summed E-state index contributed by atoms with van der Waals surface area (Å²) in [6.45, 7) is 4.95. The van der Waals surface area contributed by atoms with Gasteiger partial charge in [-0.25, -0.2) is 0 Å².